The number of benzene rings is 5. The molecule has 0 aliphatic heterocycles. The van der Waals surface area contributed by atoms with Gasteiger partial charge in [-0.15, -0.1) is 13.2 Å². The first-order chi connectivity index (χ1) is 23.1. The van der Waals surface area contributed by atoms with Crippen LogP contribution in [0.4, 0.5) is 43.9 Å². The van der Waals surface area contributed by atoms with E-state index in [9.17, 15) is 35.1 Å². The summed E-state index contributed by atoms with van der Waals surface area (Å²) in [5, 5.41) is 0. The highest BCUT2D eigenvalue weighted by molar-refractivity contribution is 5.74. The summed E-state index contributed by atoms with van der Waals surface area (Å²) in [6.45, 7) is 2.62. The first-order valence-electron chi connectivity index (χ1n) is 14.6. The molecule has 0 radical (unpaired) electrons. The fraction of sp³-hybridized carbons (Fsp3) is 0.167. The largest absolute Gasteiger partial charge is 0.573 e. The van der Waals surface area contributed by atoms with Gasteiger partial charge in [0.25, 0.3) is 0 Å². The van der Waals surface area contributed by atoms with Gasteiger partial charge in [0, 0.05) is 17.2 Å². The van der Waals surface area contributed by atoms with Gasteiger partial charge in [0.05, 0.1) is 6.61 Å². The lowest BCUT2D eigenvalue weighted by Crippen LogP contribution is -2.25. The highest BCUT2D eigenvalue weighted by atomic mass is 19.4. The molecule has 0 unspecified atom stereocenters. The van der Waals surface area contributed by atoms with Gasteiger partial charge in [-0.25, -0.2) is 22.0 Å². The summed E-state index contributed by atoms with van der Waals surface area (Å²) in [5.74, 6) is -8.98. The van der Waals surface area contributed by atoms with Gasteiger partial charge in [0.2, 0.25) is 0 Å². The molecule has 0 N–H and O–H groups in total. The predicted molar refractivity (Wildman–Crippen MR) is 161 cm³/mol. The van der Waals surface area contributed by atoms with Crippen LogP contribution >= 0.6 is 0 Å². The summed E-state index contributed by atoms with van der Waals surface area (Å²) in [5.41, 5.74) is -1.46. The second kappa shape index (κ2) is 14.1. The van der Waals surface area contributed by atoms with Crippen molar-refractivity contribution in [2.24, 2.45) is 0 Å². The van der Waals surface area contributed by atoms with Crippen LogP contribution in [0, 0.1) is 29.1 Å². The molecule has 0 heterocycles. The van der Waals surface area contributed by atoms with E-state index in [0.717, 1.165) is 25.0 Å². The van der Waals surface area contributed by atoms with Crippen LogP contribution in [-0.2, 0) is 6.11 Å². The van der Waals surface area contributed by atoms with Crippen molar-refractivity contribution in [2.45, 2.75) is 32.2 Å². The molecule has 0 fully saturated rings. The molecule has 256 valence electrons. The standard InChI is InChI=1S/C36H24F10O3/c1-2-3-14-47-24-8-4-20(5-9-24)21-6-11-26(28(37)15-21)22-7-12-27(29(38)16-22)23-17-31(40)34(32(41)18-23)35(42,43)48-25-10-13-33(30(39)19-25)49-36(44,45)46/h4-13,15-19H,2-3,14H2,1H3. The molecule has 5 aromatic carbocycles. The van der Waals surface area contributed by atoms with E-state index in [1.807, 2.05) is 6.92 Å². The molecule has 0 saturated heterocycles. The van der Waals surface area contributed by atoms with Crippen molar-refractivity contribution >= 4 is 0 Å². The minimum Gasteiger partial charge on any atom is -0.494 e. The second-order valence-electron chi connectivity index (χ2n) is 10.7. The summed E-state index contributed by atoms with van der Waals surface area (Å²) < 4.78 is 154. The molecule has 0 saturated carbocycles. The fourth-order valence-corrected chi connectivity index (χ4v) is 4.88. The lowest BCUT2D eigenvalue weighted by molar-refractivity contribution is -0.275. The third-order valence-electron chi connectivity index (χ3n) is 7.22. The number of halogens is 10. The molecule has 5 aromatic rings. The molecular weight excluding hydrogens is 670 g/mol. The van der Waals surface area contributed by atoms with Crippen molar-refractivity contribution in [3.8, 4) is 50.6 Å². The highest BCUT2D eigenvalue weighted by Crippen LogP contribution is 2.39. The van der Waals surface area contributed by atoms with Gasteiger partial charge >= 0.3 is 12.5 Å². The quantitative estimate of drug-likeness (QED) is 0.102. The Labute approximate surface area is 273 Å². The predicted octanol–water partition coefficient (Wildman–Crippen LogP) is 11.6. The minimum atomic E-state index is -5.28. The van der Waals surface area contributed by atoms with E-state index in [1.54, 1.807) is 30.3 Å². The van der Waals surface area contributed by atoms with E-state index in [1.165, 1.54) is 18.2 Å². The minimum absolute atomic E-state index is 0.0210. The van der Waals surface area contributed by atoms with Gasteiger partial charge in [-0.3, -0.25) is 0 Å². The van der Waals surface area contributed by atoms with Crippen molar-refractivity contribution in [1.29, 1.82) is 0 Å². The van der Waals surface area contributed by atoms with E-state index in [4.69, 9.17) is 4.74 Å². The lowest BCUT2D eigenvalue weighted by atomic mass is 9.96. The molecular formula is C36H24F10O3. The van der Waals surface area contributed by atoms with E-state index < -0.39 is 69.7 Å². The first-order valence-corrected chi connectivity index (χ1v) is 14.6. The van der Waals surface area contributed by atoms with Crippen LogP contribution in [-0.4, -0.2) is 13.0 Å². The molecule has 0 spiro atoms. The Hall–Kier alpha value is -5.20. The Kier molecular flexibility index (Phi) is 10.1. The number of rotatable bonds is 11. The molecule has 13 heteroatoms. The smallest absolute Gasteiger partial charge is 0.494 e. The maximum atomic E-state index is 15.2. The Morgan fingerprint density at radius 2 is 1.04 bits per heavy atom. The molecule has 0 aliphatic rings. The zero-order valence-electron chi connectivity index (χ0n) is 25.3. The van der Waals surface area contributed by atoms with Crippen LogP contribution in [0.25, 0.3) is 33.4 Å². The van der Waals surface area contributed by atoms with E-state index in [2.05, 4.69) is 9.47 Å². The Morgan fingerprint density at radius 1 is 0.510 bits per heavy atom. The normalized spacial score (nSPS) is 11.8. The molecule has 0 aliphatic carbocycles. The average Bonchev–Trinajstić information content (AvgIpc) is 3.01. The average molecular weight is 695 g/mol. The zero-order chi connectivity index (χ0) is 35.5. The summed E-state index contributed by atoms with van der Waals surface area (Å²) >= 11 is 0. The number of hydrogen-bond donors (Lipinski definition) is 0. The van der Waals surface area contributed by atoms with E-state index in [-0.39, 0.29) is 17.2 Å². The van der Waals surface area contributed by atoms with Crippen molar-refractivity contribution in [3.05, 3.63) is 126 Å². The Morgan fingerprint density at radius 3 is 1.61 bits per heavy atom. The zero-order valence-corrected chi connectivity index (χ0v) is 25.3. The number of unbranched alkanes of at least 4 members (excludes halogenated alkanes) is 1. The molecule has 0 bridgehead atoms. The summed E-state index contributed by atoms with van der Waals surface area (Å²) in [6, 6.07) is 16.4. The second-order valence-corrected chi connectivity index (χ2v) is 10.7. The van der Waals surface area contributed by atoms with E-state index in [0.29, 0.717) is 47.7 Å². The van der Waals surface area contributed by atoms with Crippen LogP contribution in [0.15, 0.2) is 91.0 Å². The van der Waals surface area contributed by atoms with Crippen LogP contribution in [0.1, 0.15) is 25.3 Å². The van der Waals surface area contributed by atoms with Gasteiger partial charge < -0.3 is 14.2 Å². The van der Waals surface area contributed by atoms with Crippen LogP contribution in [0.5, 0.6) is 17.2 Å². The maximum absolute atomic E-state index is 15.2. The summed E-state index contributed by atoms with van der Waals surface area (Å²) in [7, 11) is 0. The number of alkyl halides is 5. The fourth-order valence-electron chi connectivity index (χ4n) is 4.88. The van der Waals surface area contributed by atoms with Gasteiger partial charge in [0.1, 0.15) is 40.3 Å². The summed E-state index contributed by atoms with van der Waals surface area (Å²) in [6.07, 6.45) is -8.17. The third kappa shape index (κ3) is 8.27. The molecule has 49 heavy (non-hydrogen) atoms. The van der Waals surface area contributed by atoms with Crippen molar-refractivity contribution in [2.75, 3.05) is 6.61 Å². The third-order valence-corrected chi connectivity index (χ3v) is 7.22. The van der Waals surface area contributed by atoms with Gasteiger partial charge in [-0.05, 0) is 77.2 Å². The number of hydrogen-bond acceptors (Lipinski definition) is 3. The summed E-state index contributed by atoms with van der Waals surface area (Å²) in [4.78, 5) is 0. The van der Waals surface area contributed by atoms with Crippen LogP contribution in [0.3, 0.4) is 0 Å². The highest BCUT2D eigenvalue weighted by Gasteiger charge is 2.42. The van der Waals surface area contributed by atoms with Gasteiger partial charge in [-0.1, -0.05) is 49.7 Å². The number of ether oxygens (including phenoxy) is 3. The van der Waals surface area contributed by atoms with Crippen molar-refractivity contribution in [1.82, 2.24) is 0 Å². The Balaban J connectivity index is 1.34. The molecule has 3 nitrogen and oxygen atoms in total. The van der Waals surface area contributed by atoms with Crippen LogP contribution < -0.4 is 14.2 Å². The molecule has 5 rings (SSSR count). The molecule has 0 amide bonds. The van der Waals surface area contributed by atoms with E-state index >= 15 is 8.78 Å². The monoisotopic (exact) mass is 694 g/mol. The Bertz CT molecular complexity index is 1930. The van der Waals surface area contributed by atoms with Gasteiger partial charge in [0.15, 0.2) is 11.6 Å². The first kappa shape index (κ1) is 35.1. The topological polar surface area (TPSA) is 27.7 Å². The lowest BCUT2D eigenvalue weighted by Gasteiger charge is -2.20. The maximum Gasteiger partial charge on any atom is 0.573 e. The molecule has 0 atom stereocenters. The SMILES string of the molecule is CCCCOc1ccc(-c2ccc(-c3ccc(-c4cc(F)c(C(F)(F)Oc5ccc(OC(F)(F)F)c(F)c5)c(F)c4)c(F)c3)c(F)c2)cc1. The molecule has 0 aromatic heterocycles. The van der Waals surface area contributed by atoms with Crippen molar-refractivity contribution in [3.63, 3.8) is 0 Å². The van der Waals surface area contributed by atoms with Crippen LogP contribution in [0.2, 0.25) is 0 Å². The van der Waals surface area contributed by atoms with Crippen molar-refractivity contribution < 1.29 is 58.1 Å². The van der Waals surface area contributed by atoms with Gasteiger partial charge in [-0.2, -0.15) is 8.78 Å².